The average molecular weight is 437 g/mol. The number of nitrogens with two attached hydrogens (primary N) is 1. The molecule has 0 saturated carbocycles. The van der Waals surface area contributed by atoms with Crippen molar-refractivity contribution in [1.82, 2.24) is 24.9 Å². The molecule has 1 fully saturated rings. The number of H-pyrrole nitrogens is 1. The molecular formula is C23H32N8O. The highest BCUT2D eigenvalue weighted by Gasteiger charge is 2.28. The summed E-state index contributed by atoms with van der Waals surface area (Å²) < 4.78 is 7.86. The summed E-state index contributed by atoms with van der Waals surface area (Å²) >= 11 is 0. The number of amidine groups is 1. The third-order valence-corrected chi connectivity index (χ3v) is 5.83. The van der Waals surface area contributed by atoms with Crippen LogP contribution in [0, 0.1) is 6.92 Å². The molecular weight excluding hydrogens is 404 g/mol. The van der Waals surface area contributed by atoms with Gasteiger partial charge in [0.2, 0.25) is 0 Å². The maximum atomic E-state index is 6.51. The van der Waals surface area contributed by atoms with E-state index in [-0.39, 0.29) is 12.1 Å². The number of hydrogen-bond acceptors (Lipinski definition) is 6. The van der Waals surface area contributed by atoms with E-state index in [9.17, 15) is 0 Å². The summed E-state index contributed by atoms with van der Waals surface area (Å²) in [6, 6.07) is 6.15. The molecule has 1 unspecified atom stereocenters. The summed E-state index contributed by atoms with van der Waals surface area (Å²) in [6.07, 6.45) is 10.7. The molecule has 0 amide bonds. The Kier molecular flexibility index (Phi) is 7.31. The number of nitrogens with zero attached hydrogens (tertiary/aromatic N) is 5. The van der Waals surface area contributed by atoms with Crippen LogP contribution >= 0.6 is 0 Å². The van der Waals surface area contributed by atoms with E-state index in [2.05, 4.69) is 61.9 Å². The average Bonchev–Trinajstić information content (AvgIpc) is 3.55. The number of rotatable bonds is 10. The number of aromatic amines is 1. The van der Waals surface area contributed by atoms with Crippen LogP contribution in [0.25, 0.3) is 10.9 Å². The number of ether oxygens (including phenoxy) is 1. The molecule has 2 atom stereocenters. The van der Waals surface area contributed by atoms with Gasteiger partial charge in [0.05, 0.1) is 25.0 Å². The van der Waals surface area contributed by atoms with E-state index in [0.717, 1.165) is 55.4 Å². The van der Waals surface area contributed by atoms with Gasteiger partial charge in [-0.2, -0.15) is 5.10 Å². The molecule has 170 valence electrons. The largest absolute Gasteiger partial charge is 0.376 e. The zero-order chi connectivity index (χ0) is 22.3. The van der Waals surface area contributed by atoms with Crippen LogP contribution in [-0.4, -0.2) is 57.9 Å². The van der Waals surface area contributed by atoms with Gasteiger partial charge in [-0.3, -0.25) is 5.01 Å². The molecule has 1 aliphatic heterocycles. The van der Waals surface area contributed by atoms with Gasteiger partial charge in [0.1, 0.15) is 0 Å². The maximum absolute atomic E-state index is 6.51. The third-order valence-electron chi connectivity index (χ3n) is 5.83. The molecule has 9 nitrogen and oxygen atoms in total. The van der Waals surface area contributed by atoms with Crippen LogP contribution in [0.1, 0.15) is 36.4 Å². The minimum Gasteiger partial charge on any atom is -0.376 e. The Morgan fingerprint density at radius 2 is 2.41 bits per heavy atom. The van der Waals surface area contributed by atoms with Gasteiger partial charge < -0.3 is 19.6 Å². The maximum Gasteiger partial charge on any atom is 0.163 e. The Hall–Kier alpha value is -3.01. The van der Waals surface area contributed by atoms with E-state index in [1.165, 1.54) is 5.56 Å². The molecule has 3 aromatic rings. The van der Waals surface area contributed by atoms with Crippen LogP contribution in [0.4, 0.5) is 0 Å². The Balaban J connectivity index is 1.58. The van der Waals surface area contributed by atoms with E-state index in [1.807, 2.05) is 18.7 Å². The van der Waals surface area contributed by atoms with Gasteiger partial charge >= 0.3 is 0 Å². The molecule has 1 saturated heterocycles. The summed E-state index contributed by atoms with van der Waals surface area (Å²) in [6.45, 7) is 8.66. The van der Waals surface area contributed by atoms with E-state index in [1.54, 1.807) is 11.2 Å². The first-order valence-corrected chi connectivity index (χ1v) is 11.1. The molecule has 2 aromatic heterocycles. The lowest BCUT2D eigenvalue weighted by molar-refractivity contribution is 0.0904. The van der Waals surface area contributed by atoms with Crippen LogP contribution in [0.2, 0.25) is 0 Å². The van der Waals surface area contributed by atoms with Gasteiger partial charge in [0.15, 0.2) is 5.84 Å². The molecule has 1 aromatic carbocycles. The van der Waals surface area contributed by atoms with Gasteiger partial charge in [0.25, 0.3) is 0 Å². The SMILES string of the molecule is C=N/N=C(/C(NCCCn1ccnc1)c1c[nH]c2cc(C)ccc12)N(N)C[C@@H]1CCCO1. The lowest BCUT2D eigenvalue weighted by atomic mass is 10.0. The molecule has 1 aliphatic rings. The molecule has 0 aliphatic carbocycles. The van der Waals surface area contributed by atoms with Crippen molar-refractivity contribution in [2.24, 2.45) is 16.0 Å². The van der Waals surface area contributed by atoms with E-state index in [0.29, 0.717) is 12.4 Å². The van der Waals surface area contributed by atoms with Crippen molar-refractivity contribution in [3.05, 3.63) is 54.2 Å². The summed E-state index contributed by atoms with van der Waals surface area (Å²) in [5.41, 5.74) is 3.36. The monoisotopic (exact) mass is 436 g/mol. The van der Waals surface area contributed by atoms with Gasteiger partial charge in [-0.25, -0.2) is 10.8 Å². The van der Waals surface area contributed by atoms with E-state index < -0.39 is 0 Å². The Labute approximate surface area is 188 Å². The minimum absolute atomic E-state index is 0.0996. The second-order valence-electron chi connectivity index (χ2n) is 8.22. The molecule has 4 rings (SSSR count). The lowest BCUT2D eigenvalue weighted by Gasteiger charge is -2.29. The number of nitrogens with one attached hydrogen (secondary N) is 2. The minimum atomic E-state index is -0.244. The van der Waals surface area contributed by atoms with E-state index >= 15 is 0 Å². The standard InChI is InChI=1S/C23H32N8O/c1-17-6-7-19-20(14-28-21(19)13-17)22(27-8-4-10-30-11-9-26-16-30)23(29-25-2)31(24)15-18-5-3-12-32-18/h6-7,9,11,13-14,16,18,22,27-28H,2-5,8,10,12,15,24H2,1H3/b29-23-/t18-,22?/m0/s1. The third kappa shape index (κ3) is 5.24. The second kappa shape index (κ2) is 10.5. The zero-order valence-corrected chi connectivity index (χ0v) is 18.6. The molecule has 0 radical (unpaired) electrons. The predicted molar refractivity (Wildman–Crippen MR) is 127 cm³/mol. The Morgan fingerprint density at radius 1 is 1.50 bits per heavy atom. The highest BCUT2D eigenvalue weighted by Crippen LogP contribution is 2.27. The summed E-state index contributed by atoms with van der Waals surface area (Å²) in [5, 5.41) is 14.6. The summed E-state index contributed by atoms with van der Waals surface area (Å²) in [4.78, 5) is 7.50. The number of benzene rings is 1. The topological polar surface area (TPSA) is 109 Å². The summed E-state index contributed by atoms with van der Waals surface area (Å²) in [5.74, 6) is 7.14. The molecule has 32 heavy (non-hydrogen) atoms. The van der Waals surface area contributed by atoms with E-state index in [4.69, 9.17) is 10.6 Å². The normalized spacial score (nSPS) is 17.7. The number of aromatic nitrogens is 3. The van der Waals surface area contributed by atoms with Gasteiger partial charge in [-0.05, 0) is 44.4 Å². The fourth-order valence-electron chi connectivity index (χ4n) is 4.22. The first kappa shape index (κ1) is 22.2. The van der Waals surface area contributed by atoms with Crippen LogP contribution in [0.15, 0.2) is 53.3 Å². The van der Waals surface area contributed by atoms with Gasteiger partial charge in [-0.15, -0.1) is 5.10 Å². The Morgan fingerprint density at radius 3 is 3.16 bits per heavy atom. The van der Waals surface area contributed by atoms with Crippen molar-refractivity contribution in [2.75, 3.05) is 19.7 Å². The molecule has 0 bridgehead atoms. The van der Waals surface area contributed by atoms with Crippen molar-refractivity contribution in [3.63, 3.8) is 0 Å². The van der Waals surface area contributed by atoms with Crippen LogP contribution in [0.5, 0.6) is 0 Å². The fourth-order valence-corrected chi connectivity index (χ4v) is 4.22. The van der Waals surface area contributed by atoms with Crippen LogP contribution in [0.3, 0.4) is 0 Å². The number of hydrazine groups is 1. The Bertz CT molecular complexity index is 1040. The number of aryl methyl sites for hydroxylation is 2. The highest BCUT2D eigenvalue weighted by atomic mass is 16.5. The van der Waals surface area contributed by atoms with Crippen molar-refractivity contribution in [1.29, 1.82) is 0 Å². The van der Waals surface area contributed by atoms with Crippen LogP contribution in [-0.2, 0) is 11.3 Å². The van der Waals surface area contributed by atoms with Crippen molar-refractivity contribution < 1.29 is 4.74 Å². The zero-order valence-electron chi connectivity index (χ0n) is 18.6. The first-order valence-electron chi connectivity index (χ1n) is 11.1. The van der Waals surface area contributed by atoms with Crippen molar-refractivity contribution >= 4 is 23.5 Å². The molecule has 9 heteroatoms. The highest BCUT2D eigenvalue weighted by molar-refractivity contribution is 5.94. The lowest BCUT2D eigenvalue weighted by Crippen LogP contribution is -2.48. The van der Waals surface area contributed by atoms with Crippen LogP contribution < -0.4 is 11.2 Å². The smallest absolute Gasteiger partial charge is 0.163 e. The molecule has 0 spiro atoms. The number of hydrogen-bond donors (Lipinski definition) is 3. The number of fused-ring (bicyclic) bond motifs is 1. The van der Waals surface area contributed by atoms with Gasteiger partial charge in [0, 0.05) is 54.9 Å². The van der Waals surface area contributed by atoms with Gasteiger partial charge in [-0.1, -0.05) is 12.1 Å². The van der Waals surface area contributed by atoms with Crippen molar-refractivity contribution in [3.8, 4) is 0 Å². The first-order chi connectivity index (χ1) is 15.7. The fraction of sp³-hybridized carbons (Fsp3) is 0.435. The molecule has 4 N–H and O–H groups in total. The second-order valence-corrected chi connectivity index (χ2v) is 8.22. The number of imidazole rings is 1. The van der Waals surface area contributed by atoms with Crippen molar-refractivity contribution in [2.45, 2.75) is 44.9 Å². The quantitative estimate of drug-likeness (QED) is 0.149. The summed E-state index contributed by atoms with van der Waals surface area (Å²) in [7, 11) is 0. The predicted octanol–water partition coefficient (Wildman–Crippen LogP) is 2.76. The molecule has 3 heterocycles.